The number of nitrogens with one attached hydrogen (secondary N) is 1. The number of halogens is 1. The highest BCUT2D eigenvalue weighted by Gasteiger charge is 2.16. The number of amides is 1. The maximum Gasteiger partial charge on any atom is 0.336 e. The molecule has 0 aliphatic carbocycles. The van der Waals surface area contributed by atoms with Crippen LogP contribution in [0.2, 0.25) is 5.02 Å². The maximum absolute atomic E-state index is 12.3. The number of unbranched alkanes of at least 4 members (excludes halogenated alkanes) is 1. The Morgan fingerprint density at radius 3 is 2.43 bits per heavy atom. The molecular weight excluding hydrogens is 314 g/mol. The number of aryl methyl sites for hydroxylation is 1. The van der Waals surface area contributed by atoms with E-state index in [9.17, 15) is 9.59 Å². The van der Waals surface area contributed by atoms with E-state index < -0.39 is 11.9 Å². The predicted octanol–water partition coefficient (Wildman–Crippen LogP) is 4.63. The first-order chi connectivity index (χ1) is 11.0. The Bertz CT molecular complexity index is 728. The molecule has 1 amide bonds. The first-order valence-electron chi connectivity index (χ1n) is 7.45. The van der Waals surface area contributed by atoms with Gasteiger partial charge in [0, 0.05) is 0 Å². The lowest BCUT2D eigenvalue weighted by atomic mass is 10.1. The Labute approximate surface area is 140 Å². The fourth-order valence-electron chi connectivity index (χ4n) is 2.25. The Morgan fingerprint density at radius 2 is 1.83 bits per heavy atom. The summed E-state index contributed by atoms with van der Waals surface area (Å²) < 4.78 is 0. The van der Waals surface area contributed by atoms with Crippen molar-refractivity contribution in [2.45, 2.75) is 26.2 Å². The Balaban J connectivity index is 2.19. The van der Waals surface area contributed by atoms with Crippen LogP contribution in [0, 0.1) is 0 Å². The molecule has 0 aliphatic rings. The summed E-state index contributed by atoms with van der Waals surface area (Å²) in [6.45, 7) is 2.12. The average Bonchev–Trinajstić information content (AvgIpc) is 2.55. The van der Waals surface area contributed by atoms with Crippen molar-refractivity contribution in [2.24, 2.45) is 0 Å². The fourth-order valence-corrected chi connectivity index (χ4v) is 2.50. The van der Waals surface area contributed by atoms with Crippen molar-refractivity contribution in [1.82, 2.24) is 0 Å². The van der Waals surface area contributed by atoms with Crippen molar-refractivity contribution in [3.05, 3.63) is 64.2 Å². The number of benzene rings is 2. The second-order valence-electron chi connectivity index (χ2n) is 5.22. The molecule has 0 fully saturated rings. The van der Waals surface area contributed by atoms with Crippen molar-refractivity contribution in [3.63, 3.8) is 0 Å². The van der Waals surface area contributed by atoms with Gasteiger partial charge in [-0.1, -0.05) is 43.1 Å². The van der Waals surface area contributed by atoms with E-state index in [4.69, 9.17) is 16.7 Å². The first kappa shape index (κ1) is 17.0. The molecule has 0 atom stereocenters. The van der Waals surface area contributed by atoms with Gasteiger partial charge in [0.15, 0.2) is 0 Å². The molecule has 0 unspecified atom stereocenters. The van der Waals surface area contributed by atoms with Gasteiger partial charge in [0.1, 0.15) is 0 Å². The third-order valence-electron chi connectivity index (χ3n) is 3.50. The second-order valence-corrected chi connectivity index (χ2v) is 5.63. The molecule has 0 saturated heterocycles. The Morgan fingerprint density at radius 1 is 1.13 bits per heavy atom. The summed E-state index contributed by atoms with van der Waals surface area (Å²) in [5.41, 5.74) is 1.64. The van der Waals surface area contributed by atoms with E-state index in [0.29, 0.717) is 10.7 Å². The van der Waals surface area contributed by atoms with Crippen molar-refractivity contribution in [1.29, 1.82) is 0 Å². The molecule has 0 heterocycles. The van der Waals surface area contributed by atoms with Gasteiger partial charge in [-0.3, -0.25) is 4.79 Å². The molecule has 0 radical (unpaired) electrons. The molecule has 5 heteroatoms. The number of carboxylic acids is 1. The lowest BCUT2D eigenvalue weighted by Gasteiger charge is -2.10. The highest BCUT2D eigenvalue weighted by atomic mass is 35.5. The monoisotopic (exact) mass is 331 g/mol. The summed E-state index contributed by atoms with van der Waals surface area (Å²) in [5.74, 6) is -1.64. The number of carbonyl (C=O) groups is 2. The summed E-state index contributed by atoms with van der Waals surface area (Å²) >= 11 is 6.21. The van der Waals surface area contributed by atoms with Crippen molar-refractivity contribution < 1.29 is 14.7 Å². The van der Waals surface area contributed by atoms with Gasteiger partial charge in [-0.15, -0.1) is 0 Å². The van der Waals surface area contributed by atoms with Crippen LogP contribution >= 0.6 is 11.6 Å². The van der Waals surface area contributed by atoms with E-state index in [1.807, 2.05) is 12.1 Å². The molecule has 2 N–H and O–H groups in total. The SMILES string of the molecule is CCCCc1ccc(NC(=O)c2ccccc2C(=O)O)c(Cl)c1. The van der Waals surface area contributed by atoms with Crippen molar-refractivity contribution in [2.75, 3.05) is 5.32 Å². The summed E-state index contributed by atoms with van der Waals surface area (Å²) in [7, 11) is 0. The highest BCUT2D eigenvalue weighted by molar-refractivity contribution is 6.34. The molecule has 0 aliphatic heterocycles. The van der Waals surface area contributed by atoms with Gasteiger partial charge < -0.3 is 10.4 Å². The van der Waals surface area contributed by atoms with E-state index >= 15 is 0 Å². The van der Waals surface area contributed by atoms with Crippen LogP contribution < -0.4 is 5.32 Å². The molecule has 4 nitrogen and oxygen atoms in total. The van der Waals surface area contributed by atoms with Crippen molar-refractivity contribution >= 4 is 29.2 Å². The van der Waals surface area contributed by atoms with Gasteiger partial charge in [-0.25, -0.2) is 4.79 Å². The normalized spacial score (nSPS) is 10.3. The Hall–Kier alpha value is -2.33. The summed E-state index contributed by atoms with van der Waals surface area (Å²) in [5, 5.41) is 12.3. The topological polar surface area (TPSA) is 66.4 Å². The fraction of sp³-hybridized carbons (Fsp3) is 0.222. The zero-order valence-corrected chi connectivity index (χ0v) is 13.6. The smallest absolute Gasteiger partial charge is 0.336 e. The van der Waals surface area contributed by atoms with Crippen LogP contribution in [-0.2, 0) is 6.42 Å². The van der Waals surface area contributed by atoms with Gasteiger partial charge in [0.25, 0.3) is 5.91 Å². The minimum atomic E-state index is -1.14. The number of hydrogen-bond acceptors (Lipinski definition) is 2. The zero-order chi connectivity index (χ0) is 16.8. The number of carbonyl (C=O) groups excluding carboxylic acids is 1. The van der Waals surface area contributed by atoms with Crippen LogP contribution in [0.1, 0.15) is 46.0 Å². The number of aromatic carboxylic acids is 1. The summed E-state index contributed by atoms with van der Waals surface area (Å²) in [4.78, 5) is 23.5. The lowest BCUT2D eigenvalue weighted by Crippen LogP contribution is -2.16. The minimum absolute atomic E-state index is 0.0410. The number of hydrogen-bond donors (Lipinski definition) is 2. The van der Waals surface area contributed by atoms with E-state index in [2.05, 4.69) is 12.2 Å². The molecule has 23 heavy (non-hydrogen) atoms. The number of carboxylic acid groups (broad SMARTS) is 1. The molecule has 0 bridgehead atoms. The molecule has 0 saturated carbocycles. The van der Waals surface area contributed by atoms with Gasteiger partial charge in [0.05, 0.1) is 21.8 Å². The molecular formula is C18H18ClNO3. The van der Waals surface area contributed by atoms with E-state index in [1.165, 1.54) is 12.1 Å². The lowest BCUT2D eigenvalue weighted by molar-refractivity contribution is 0.0692. The largest absolute Gasteiger partial charge is 0.478 e. The average molecular weight is 332 g/mol. The second kappa shape index (κ2) is 7.79. The molecule has 2 aromatic rings. The van der Waals surface area contributed by atoms with Gasteiger partial charge in [0.2, 0.25) is 0 Å². The summed E-state index contributed by atoms with van der Waals surface area (Å²) in [6, 6.07) is 11.6. The van der Waals surface area contributed by atoms with Crippen LogP contribution in [0.15, 0.2) is 42.5 Å². The molecule has 0 aromatic heterocycles. The van der Waals surface area contributed by atoms with Crippen LogP contribution in [0.5, 0.6) is 0 Å². The molecule has 120 valence electrons. The van der Waals surface area contributed by atoms with E-state index in [1.54, 1.807) is 18.2 Å². The van der Waals surface area contributed by atoms with Gasteiger partial charge in [-0.2, -0.15) is 0 Å². The zero-order valence-electron chi connectivity index (χ0n) is 12.8. The standard InChI is InChI=1S/C18H18ClNO3/c1-2-3-6-12-9-10-16(15(19)11-12)20-17(21)13-7-4-5-8-14(13)18(22)23/h4-5,7-11H,2-3,6H2,1H3,(H,20,21)(H,22,23). The van der Waals surface area contributed by atoms with Crippen LogP contribution in [0.25, 0.3) is 0 Å². The van der Waals surface area contributed by atoms with Gasteiger partial charge >= 0.3 is 5.97 Å². The van der Waals surface area contributed by atoms with Crippen LogP contribution in [0.4, 0.5) is 5.69 Å². The Kier molecular flexibility index (Phi) is 5.77. The third-order valence-corrected chi connectivity index (χ3v) is 3.82. The predicted molar refractivity (Wildman–Crippen MR) is 91.4 cm³/mol. The van der Waals surface area contributed by atoms with Gasteiger partial charge in [-0.05, 0) is 42.7 Å². The van der Waals surface area contributed by atoms with E-state index in [0.717, 1.165) is 24.8 Å². The number of anilines is 1. The minimum Gasteiger partial charge on any atom is -0.478 e. The third kappa shape index (κ3) is 4.33. The molecule has 0 spiro atoms. The maximum atomic E-state index is 12.3. The quantitative estimate of drug-likeness (QED) is 0.810. The van der Waals surface area contributed by atoms with E-state index in [-0.39, 0.29) is 11.1 Å². The summed E-state index contributed by atoms with van der Waals surface area (Å²) in [6.07, 6.45) is 3.11. The molecule has 2 aromatic carbocycles. The highest BCUT2D eigenvalue weighted by Crippen LogP contribution is 2.25. The molecule has 2 rings (SSSR count). The van der Waals surface area contributed by atoms with Crippen LogP contribution in [0.3, 0.4) is 0 Å². The number of rotatable bonds is 6. The van der Waals surface area contributed by atoms with Crippen molar-refractivity contribution in [3.8, 4) is 0 Å². The van der Waals surface area contributed by atoms with Crippen LogP contribution in [-0.4, -0.2) is 17.0 Å². The first-order valence-corrected chi connectivity index (χ1v) is 7.82.